The predicted molar refractivity (Wildman–Crippen MR) is 70.8 cm³/mol. The Bertz CT molecular complexity index is 585. The van der Waals surface area contributed by atoms with Gasteiger partial charge in [0.25, 0.3) is 0 Å². The van der Waals surface area contributed by atoms with E-state index in [2.05, 4.69) is 5.11 Å². The molecule has 118 valence electrons. The number of carbonyl (C=O) groups excluding carboxylic acids is 1. The Hall–Kier alpha value is -0.310. The molecule has 0 spiro atoms. The minimum absolute atomic E-state index is 0. The number of halogens is 2. The summed E-state index contributed by atoms with van der Waals surface area (Å²) < 4.78 is 31.2. The van der Waals surface area contributed by atoms with Gasteiger partial charge in [0.05, 0.1) is 0 Å². The summed E-state index contributed by atoms with van der Waals surface area (Å²) in [7, 11) is 0. The van der Waals surface area contributed by atoms with E-state index in [4.69, 9.17) is 10.3 Å². The van der Waals surface area contributed by atoms with Gasteiger partial charge in [0, 0.05) is 24.9 Å². The van der Waals surface area contributed by atoms with Crippen LogP contribution in [0.2, 0.25) is 0 Å². The molecule has 0 atom stereocenters. The van der Waals surface area contributed by atoms with E-state index < -0.39 is 17.6 Å². The van der Waals surface area contributed by atoms with Crippen LogP contribution in [0.15, 0.2) is 35.1 Å². The van der Waals surface area contributed by atoms with Gasteiger partial charge in [-0.3, -0.25) is 0 Å². The van der Waals surface area contributed by atoms with Crippen molar-refractivity contribution in [1.82, 2.24) is 0 Å². The van der Waals surface area contributed by atoms with Crippen molar-refractivity contribution in [2.75, 3.05) is 0 Å². The molecule has 1 saturated carbocycles. The van der Waals surface area contributed by atoms with Crippen LogP contribution in [0.1, 0.15) is 37.2 Å². The van der Waals surface area contributed by atoms with E-state index in [1.165, 1.54) is 0 Å². The van der Waals surface area contributed by atoms with Crippen LogP contribution in [-0.2, 0) is 4.79 Å². The van der Waals surface area contributed by atoms with Crippen LogP contribution in [-0.4, -0.2) is 11.9 Å². The molecule has 24 heavy (non-hydrogen) atoms. The zero-order valence-corrected chi connectivity index (χ0v) is 17.6. The number of nitrogens with zero attached hydrogens (tertiary/aromatic N) is 2. The molecule has 0 heterocycles. The normalized spacial score (nSPS) is 17.2. The summed E-state index contributed by atoms with van der Waals surface area (Å²) in [4.78, 5) is 10.5. The van der Waals surface area contributed by atoms with Crippen LogP contribution in [0.3, 0.4) is 0 Å². The molecule has 0 aromatic heterocycles. The summed E-state index contributed by atoms with van der Waals surface area (Å²) in [5.41, 5.74) is 8.46. The van der Waals surface area contributed by atoms with Gasteiger partial charge in [0.2, 0.25) is 5.92 Å². The fourth-order valence-electron chi connectivity index (χ4n) is 2.39. The fraction of sp³-hybridized carbons (Fsp3) is 0.400. The summed E-state index contributed by atoms with van der Waals surface area (Å²) in [6.07, 6.45) is 2.57. The van der Waals surface area contributed by atoms with Gasteiger partial charge >= 0.3 is 59.1 Å². The third-order valence-electron chi connectivity index (χ3n) is 3.63. The number of rotatable bonds is 5. The maximum absolute atomic E-state index is 13.1. The number of benzene rings is 1. The number of carboxylic acid groups (broad SMARTS) is 1. The van der Waals surface area contributed by atoms with Gasteiger partial charge in [-0.05, 0) is 36.0 Å². The predicted octanol–water partition coefficient (Wildman–Crippen LogP) is -3.22. The maximum Gasteiger partial charge on any atom is 1.00 e. The van der Waals surface area contributed by atoms with Crippen molar-refractivity contribution in [3.05, 3.63) is 47.3 Å². The topological polar surface area (TPSA) is 84.0 Å². The van der Waals surface area contributed by atoms with E-state index in [1.807, 2.05) is 6.26 Å². The fourth-order valence-corrected chi connectivity index (χ4v) is 2.39. The molecule has 0 bridgehead atoms. The van der Waals surface area contributed by atoms with Crippen LogP contribution in [0.25, 0.3) is 5.53 Å². The van der Waals surface area contributed by atoms with Crippen LogP contribution < -0.4 is 69.0 Å². The Morgan fingerprint density at radius 1 is 1.25 bits per heavy atom. The van der Waals surface area contributed by atoms with E-state index in [0.29, 0.717) is 12.8 Å². The van der Waals surface area contributed by atoms with Gasteiger partial charge in [-0.2, -0.15) is 0 Å². The molecule has 0 unspecified atom stereocenters. The molecule has 1 aliphatic rings. The minimum atomic E-state index is -2.56. The molecule has 2 rings (SSSR count). The molecule has 0 amide bonds. The second-order valence-electron chi connectivity index (χ2n) is 5.14. The Labute approximate surface area is 182 Å². The molecule has 1 fully saturated rings. The quantitative estimate of drug-likeness (QED) is 0.184. The average molecular weight is 353 g/mol. The van der Waals surface area contributed by atoms with Crippen LogP contribution in [0, 0.1) is 6.26 Å². The monoisotopic (exact) mass is 353 g/mol. The Morgan fingerprint density at radius 3 is 2.25 bits per heavy atom. The third-order valence-corrected chi connectivity index (χ3v) is 3.63. The van der Waals surface area contributed by atoms with Gasteiger partial charge < -0.3 is 25.3 Å². The third kappa shape index (κ3) is 6.90. The molecule has 1 aromatic carbocycles. The van der Waals surface area contributed by atoms with Gasteiger partial charge in [-0.25, -0.2) is 8.78 Å². The molecular weight excluding hydrogens is 340 g/mol. The van der Waals surface area contributed by atoms with Crippen molar-refractivity contribution in [2.24, 2.45) is 5.11 Å². The molecule has 9 heteroatoms. The molecule has 0 N–H and O–H groups in total. The van der Waals surface area contributed by atoms with Crippen molar-refractivity contribution in [3.63, 3.8) is 0 Å². The number of carboxylic acids is 1. The molecule has 0 saturated heterocycles. The van der Waals surface area contributed by atoms with E-state index >= 15 is 0 Å². The number of alkyl halides is 2. The first-order valence-electron chi connectivity index (χ1n) is 6.75. The van der Waals surface area contributed by atoms with E-state index in [0.717, 1.165) is 5.56 Å². The largest absolute Gasteiger partial charge is 1.00 e. The SMILES string of the molecule is [N-]=NC(=[C-]Oc1ccc(C2CCC(F)(F)CC2)cc1)C(=O)[O-].[Na+].[Na+]. The first-order chi connectivity index (χ1) is 10.4. The van der Waals surface area contributed by atoms with Crippen LogP contribution >= 0.6 is 0 Å². The zero-order valence-electron chi connectivity index (χ0n) is 13.6. The van der Waals surface area contributed by atoms with Crippen LogP contribution in [0.5, 0.6) is 5.75 Å². The molecule has 5 nitrogen and oxygen atoms in total. The number of ether oxygens (including phenoxy) is 1. The van der Waals surface area contributed by atoms with Crippen molar-refractivity contribution in [1.29, 1.82) is 0 Å². The zero-order chi connectivity index (χ0) is 16.2. The van der Waals surface area contributed by atoms with Gasteiger partial charge in [-0.15, -0.1) is 0 Å². The maximum atomic E-state index is 13.1. The van der Waals surface area contributed by atoms with Crippen LogP contribution in [0.4, 0.5) is 8.78 Å². The average Bonchev–Trinajstić information content (AvgIpc) is 2.48. The number of aliphatic carboxylic acids is 1. The first kappa shape index (κ1) is 23.7. The Morgan fingerprint density at radius 2 is 1.79 bits per heavy atom. The van der Waals surface area contributed by atoms with Gasteiger partial charge in [-0.1, -0.05) is 24.3 Å². The molecule has 0 aliphatic heterocycles. The minimum Gasteiger partial charge on any atom is -0.708 e. The molecule has 1 aromatic rings. The molecule has 1 aliphatic carbocycles. The van der Waals surface area contributed by atoms with Gasteiger partial charge in [0.15, 0.2) is 0 Å². The summed E-state index contributed by atoms with van der Waals surface area (Å²) in [5.74, 6) is -3.91. The van der Waals surface area contributed by atoms with E-state index in [1.54, 1.807) is 24.3 Å². The molecule has 0 radical (unpaired) electrons. The second kappa shape index (κ2) is 10.6. The Kier molecular flexibility index (Phi) is 10.5. The number of hydrogen-bond donors (Lipinski definition) is 0. The summed E-state index contributed by atoms with van der Waals surface area (Å²) >= 11 is 0. The summed E-state index contributed by atoms with van der Waals surface area (Å²) in [5, 5.41) is 12.9. The first-order valence-corrected chi connectivity index (χ1v) is 6.75. The number of carbonyl (C=O) groups is 1. The smallest absolute Gasteiger partial charge is 0.708 e. The van der Waals surface area contributed by atoms with Crippen molar-refractivity contribution < 1.29 is 82.5 Å². The van der Waals surface area contributed by atoms with Gasteiger partial charge in [0.1, 0.15) is 0 Å². The van der Waals surface area contributed by atoms with E-state index in [-0.39, 0.29) is 83.6 Å². The summed E-state index contributed by atoms with van der Waals surface area (Å²) in [6, 6.07) is 6.61. The van der Waals surface area contributed by atoms with Crippen molar-refractivity contribution in [2.45, 2.75) is 37.5 Å². The van der Waals surface area contributed by atoms with Crippen molar-refractivity contribution >= 4 is 5.97 Å². The number of hydrogen-bond acceptors (Lipinski definition) is 4. The standard InChI is InChI=1S/C15H14F2N2O3.2Na/c16-15(17)7-5-11(6-8-15)10-1-3-12(4-2-10)22-9-13(19-18)14(20)21;;/h1-4,11H,5-8H2,(H,20,21);;/q-2;2*+1/p-1. The Balaban J connectivity index is 0.00000264. The molecular formula is C15H13F2N2Na2O3-. The second-order valence-corrected chi connectivity index (χ2v) is 5.14. The summed E-state index contributed by atoms with van der Waals surface area (Å²) in [6.45, 7) is 0. The van der Waals surface area contributed by atoms with E-state index in [9.17, 15) is 18.7 Å². The van der Waals surface area contributed by atoms with Crippen molar-refractivity contribution in [3.8, 4) is 5.75 Å².